The predicted octanol–water partition coefficient (Wildman–Crippen LogP) is 2.45. The van der Waals surface area contributed by atoms with Gasteiger partial charge in [-0.05, 0) is 44.9 Å². The van der Waals surface area contributed by atoms with Crippen LogP contribution >= 0.6 is 0 Å². The van der Waals surface area contributed by atoms with Crippen LogP contribution in [0.5, 0.6) is 5.75 Å². The standard InChI is InChI=1S/C15H23NO2/c1-11-6-5-7-14(12(11)2)17-9-13-8-16-15(3,4)10-18-13/h5-7,13,16H,8-10H2,1-4H3. The Hall–Kier alpha value is -1.06. The third kappa shape index (κ3) is 3.24. The molecule has 2 rings (SSSR count). The molecule has 0 saturated carbocycles. The lowest BCUT2D eigenvalue weighted by atomic mass is 10.1. The number of nitrogens with one attached hydrogen (secondary N) is 1. The first-order chi connectivity index (χ1) is 8.48. The van der Waals surface area contributed by atoms with Crippen LogP contribution in [0.2, 0.25) is 0 Å². The summed E-state index contributed by atoms with van der Waals surface area (Å²) in [5, 5.41) is 3.47. The number of ether oxygens (including phenoxy) is 2. The fourth-order valence-corrected chi connectivity index (χ4v) is 2.00. The van der Waals surface area contributed by atoms with Gasteiger partial charge in [-0.1, -0.05) is 12.1 Å². The van der Waals surface area contributed by atoms with E-state index in [2.05, 4.69) is 39.1 Å². The van der Waals surface area contributed by atoms with Crippen molar-refractivity contribution in [2.75, 3.05) is 19.8 Å². The first kappa shape index (κ1) is 13.4. The largest absolute Gasteiger partial charge is 0.491 e. The Kier molecular flexibility index (Phi) is 3.93. The Morgan fingerprint density at radius 1 is 1.39 bits per heavy atom. The summed E-state index contributed by atoms with van der Waals surface area (Å²) >= 11 is 0. The smallest absolute Gasteiger partial charge is 0.122 e. The molecule has 1 aliphatic heterocycles. The van der Waals surface area contributed by atoms with Crippen LogP contribution in [0.25, 0.3) is 0 Å². The van der Waals surface area contributed by atoms with Crippen molar-refractivity contribution in [1.82, 2.24) is 5.32 Å². The summed E-state index contributed by atoms with van der Waals surface area (Å²) in [6.45, 7) is 10.7. The Morgan fingerprint density at radius 3 is 2.83 bits per heavy atom. The molecule has 1 atom stereocenters. The molecule has 1 aromatic rings. The minimum Gasteiger partial charge on any atom is -0.491 e. The van der Waals surface area contributed by atoms with E-state index in [4.69, 9.17) is 9.47 Å². The topological polar surface area (TPSA) is 30.5 Å². The fraction of sp³-hybridized carbons (Fsp3) is 0.600. The Morgan fingerprint density at radius 2 is 2.17 bits per heavy atom. The van der Waals surface area contributed by atoms with Gasteiger partial charge < -0.3 is 14.8 Å². The van der Waals surface area contributed by atoms with Crippen LogP contribution in [0.1, 0.15) is 25.0 Å². The molecule has 0 radical (unpaired) electrons. The van der Waals surface area contributed by atoms with Crippen molar-refractivity contribution in [3.63, 3.8) is 0 Å². The number of morpholine rings is 1. The van der Waals surface area contributed by atoms with Gasteiger partial charge in [0.2, 0.25) is 0 Å². The van der Waals surface area contributed by atoms with E-state index in [0.29, 0.717) is 6.61 Å². The lowest BCUT2D eigenvalue weighted by molar-refractivity contribution is -0.0412. The molecule has 1 heterocycles. The molecule has 1 N–H and O–H groups in total. The van der Waals surface area contributed by atoms with Crippen molar-refractivity contribution in [2.24, 2.45) is 0 Å². The van der Waals surface area contributed by atoms with Gasteiger partial charge in [-0.15, -0.1) is 0 Å². The maximum atomic E-state index is 5.86. The van der Waals surface area contributed by atoms with E-state index >= 15 is 0 Å². The average Bonchev–Trinajstić information content (AvgIpc) is 2.33. The Labute approximate surface area is 109 Å². The molecular weight excluding hydrogens is 226 g/mol. The number of rotatable bonds is 3. The van der Waals surface area contributed by atoms with Crippen LogP contribution in [-0.2, 0) is 4.74 Å². The van der Waals surface area contributed by atoms with Crippen molar-refractivity contribution in [2.45, 2.75) is 39.3 Å². The first-order valence-electron chi connectivity index (χ1n) is 6.53. The molecule has 100 valence electrons. The minimum atomic E-state index is 0.0791. The number of hydrogen-bond donors (Lipinski definition) is 1. The summed E-state index contributed by atoms with van der Waals surface area (Å²) in [6.07, 6.45) is 0.137. The fourth-order valence-electron chi connectivity index (χ4n) is 2.00. The molecule has 0 aliphatic carbocycles. The summed E-state index contributed by atoms with van der Waals surface area (Å²) in [7, 11) is 0. The van der Waals surface area contributed by atoms with Gasteiger partial charge in [-0.3, -0.25) is 0 Å². The third-order valence-electron chi connectivity index (χ3n) is 3.47. The average molecular weight is 249 g/mol. The highest BCUT2D eigenvalue weighted by atomic mass is 16.5. The summed E-state index contributed by atoms with van der Waals surface area (Å²) in [5.74, 6) is 0.962. The van der Waals surface area contributed by atoms with Crippen LogP contribution < -0.4 is 10.1 Å². The van der Waals surface area contributed by atoms with E-state index in [1.165, 1.54) is 11.1 Å². The summed E-state index contributed by atoms with van der Waals surface area (Å²) in [4.78, 5) is 0. The second kappa shape index (κ2) is 5.29. The molecule has 3 nitrogen and oxygen atoms in total. The van der Waals surface area contributed by atoms with E-state index in [0.717, 1.165) is 18.9 Å². The molecule has 0 spiro atoms. The van der Waals surface area contributed by atoms with E-state index < -0.39 is 0 Å². The van der Waals surface area contributed by atoms with Gasteiger partial charge in [0.1, 0.15) is 18.5 Å². The number of benzene rings is 1. The Balaban J connectivity index is 1.87. The zero-order valence-electron chi connectivity index (χ0n) is 11.7. The predicted molar refractivity (Wildman–Crippen MR) is 73.2 cm³/mol. The van der Waals surface area contributed by atoms with E-state index in [1.54, 1.807) is 0 Å². The van der Waals surface area contributed by atoms with Crippen LogP contribution in [0, 0.1) is 13.8 Å². The van der Waals surface area contributed by atoms with Gasteiger partial charge in [-0.2, -0.15) is 0 Å². The lowest BCUT2D eigenvalue weighted by Crippen LogP contribution is -2.54. The van der Waals surface area contributed by atoms with Crippen molar-refractivity contribution < 1.29 is 9.47 Å². The van der Waals surface area contributed by atoms with Gasteiger partial charge in [-0.25, -0.2) is 0 Å². The van der Waals surface area contributed by atoms with Gasteiger partial charge in [0.25, 0.3) is 0 Å². The molecule has 1 unspecified atom stereocenters. The van der Waals surface area contributed by atoms with Crippen LogP contribution in [0.3, 0.4) is 0 Å². The second-order valence-electron chi connectivity index (χ2n) is 5.71. The highest BCUT2D eigenvalue weighted by Gasteiger charge is 2.27. The highest BCUT2D eigenvalue weighted by molar-refractivity contribution is 5.38. The quantitative estimate of drug-likeness (QED) is 0.892. The first-order valence-corrected chi connectivity index (χ1v) is 6.53. The van der Waals surface area contributed by atoms with Gasteiger partial charge in [0, 0.05) is 12.1 Å². The molecule has 1 aliphatic rings. The van der Waals surface area contributed by atoms with Gasteiger partial charge in [0.15, 0.2) is 0 Å². The maximum absolute atomic E-state index is 5.86. The molecule has 18 heavy (non-hydrogen) atoms. The van der Waals surface area contributed by atoms with Crippen LogP contribution in [0.15, 0.2) is 18.2 Å². The Bertz CT molecular complexity index is 405. The monoisotopic (exact) mass is 249 g/mol. The second-order valence-corrected chi connectivity index (χ2v) is 5.71. The number of aryl methyl sites for hydroxylation is 1. The van der Waals surface area contributed by atoms with Gasteiger partial charge in [0.05, 0.1) is 6.61 Å². The van der Waals surface area contributed by atoms with Crippen LogP contribution in [-0.4, -0.2) is 31.4 Å². The van der Waals surface area contributed by atoms with Crippen LogP contribution in [0.4, 0.5) is 0 Å². The molecule has 0 amide bonds. The SMILES string of the molecule is Cc1cccc(OCC2CNC(C)(C)CO2)c1C. The summed E-state index contributed by atoms with van der Waals surface area (Å²) in [6, 6.07) is 6.15. The minimum absolute atomic E-state index is 0.0791. The van der Waals surface area contributed by atoms with Crippen molar-refractivity contribution in [3.05, 3.63) is 29.3 Å². The van der Waals surface area contributed by atoms with E-state index in [9.17, 15) is 0 Å². The van der Waals surface area contributed by atoms with Crippen molar-refractivity contribution >= 4 is 0 Å². The molecule has 1 aromatic carbocycles. The molecular formula is C15H23NO2. The maximum Gasteiger partial charge on any atom is 0.122 e. The zero-order valence-corrected chi connectivity index (χ0v) is 11.7. The zero-order chi connectivity index (χ0) is 13.2. The summed E-state index contributed by atoms with van der Waals surface area (Å²) < 4.78 is 11.7. The van der Waals surface area contributed by atoms with Gasteiger partial charge >= 0.3 is 0 Å². The summed E-state index contributed by atoms with van der Waals surface area (Å²) in [5.41, 5.74) is 2.55. The third-order valence-corrected chi connectivity index (χ3v) is 3.47. The lowest BCUT2D eigenvalue weighted by Gasteiger charge is -2.35. The molecule has 1 fully saturated rings. The van der Waals surface area contributed by atoms with E-state index in [-0.39, 0.29) is 11.6 Å². The normalized spacial score (nSPS) is 22.8. The number of hydrogen-bond acceptors (Lipinski definition) is 3. The molecule has 0 aromatic heterocycles. The molecule has 1 saturated heterocycles. The van der Waals surface area contributed by atoms with Crippen molar-refractivity contribution in [3.8, 4) is 5.75 Å². The van der Waals surface area contributed by atoms with Crippen molar-refractivity contribution in [1.29, 1.82) is 0 Å². The van der Waals surface area contributed by atoms with E-state index in [1.807, 2.05) is 12.1 Å². The highest BCUT2D eigenvalue weighted by Crippen LogP contribution is 2.21. The molecule has 3 heteroatoms. The molecule has 0 bridgehead atoms.